The number of hydrogen-bond acceptors (Lipinski definition) is 5. The van der Waals surface area contributed by atoms with Crippen LogP contribution < -0.4 is 5.32 Å². The number of carbonyl (C=O) groups excluding carboxylic acids is 1. The molecule has 10 heteroatoms. The Bertz CT molecular complexity index is 865. The molecule has 2 aromatic rings. The first kappa shape index (κ1) is 16.9. The van der Waals surface area contributed by atoms with Crippen LogP contribution in [0.1, 0.15) is 16.8 Å². The van der Waals surface area contributed by atoms with Crippen molar-refractivity contribution in [3.63, 3.8) is 0 Å². The number of nitriles is 1. The van der Waals surface area contributed by atoms with Crippen LogP contribution in [0.25, 0.3) is 0 Å². The smallest absolute Gasteiger partial charge is 0.375 e. The van der Waals surface area contributed by atoms with Crippen LogP contribution in [0, 0.1) is 18.3 Å². The number of amides is 1. The van der Waals surface area contributed by atoms with E-state index in [4.69, 9.17) is 10.00 Å². The number of nitrogens with zero attached hydrogens (tertiary/aromatic N) is 4. The molecule has 0 atom stereocenters. The lowest BCUT2D eigenvalue weighted by Gasteiger charge is -2.39. The number of anilines is 1. The number of pyridine rings is 1. The van der Waals surface area contributed by atoms with Gasteiger partial charge in [0.25, 0.3) is 5.91 Å². The van der Waals surface area contributed by atoms with Gasteiger partial charge < -0.3 is 10.1 Å². The Morgan fingerprint density at radius 2 is 2.16 bits per heavy atom. The van der Waals surface area contributed by atoms with Gasteiger partial charge in [-0.1, -0.05) is 0 Å². The fourth-order valence-electron chi connectivity index (χ4n) is 2.40. The van der Waals surface area contributed by atoms with Crippen LogP contribution in [0.2, 0.25) is 0 Å². The second-order valence-corrected chi connectivity index (χ2v) is 5.67. The number of hydrogen-bond donors (Lipinski definition) is 1. The van der Waals surface area contributed by atoms with Crippen molar-refractivity contribution in [1.82, 2.24) is 14.8 Å². The number of nitrogens with one attached hydrogen (secondary N) is 1. The average molecular weight is 351 g/mol. The third kappa shape index (κ3) is 2.94. The van der Waals surface area contributed by atoms with Gasteiger partial charge in [-0.15, -0.1) is 0 Å². The number of rotatable bonds is 3. The summed E-state index contributed by atoms with van der Waals surface area (Å²) in [7, 11) is 0. The summed E-state index contributed by atoms with van der Waals surface area (Å²) in [6, 6.07) is 2.07. The zero-order valence-electron chi connectivity index (χ0n) is 13.0. The van der Waals surface area contributed by atoms with Crippen molar-refractivity contribution >= 4 is 11.6 Å². The third-order valence-corrected chi connectivity index (χ3v) is 3.81. The molecule has 0 saturated carbocycles. The Kier molecular flexibility index (Phi) is 3.96. The number of alkyl halides is 3. The van der Waals surface area contributed by atoms with Crippen LogP contribution in [0.5, 0.6) is 0 Å². The monoisotopic (exact) mass is 351 g/mol. The van der Waals surface area contributed by atoms with Gasteiger partial charge in [0.05, 0.1) is 36.9 Å². The zero-order chi connectivity index (χ0) is 18.2. The standard InChI is InChI=1S/C15H12F3N5O2/c1-9-4-21-23(6-9)14(7-25-8-14)13(24)22-10-2-11(15(16,17)18)12(3-19)20-5-10/h2,4-6H,7-8H2,1H3,(H,22,24). The maximum Gasteiger partial charge on any atom is 0.419 e. The molecule has 3 heterocycles. The average Bonchev–Trinajstić information content (AvgIpc) is 2.92. The van der Waals surface area contributed by atoms with Crippen molar-refractivity contribution < 1.29 is 22.7 Å². The van der Waals surface area contributed by atoms with E-state index in [2.05, 4.69) is 15.4 Å². The fraction of sp³-hybridized carbons (Fsp3) is 0.333. The molecule has 1 saturated heterocycles. The van der Waals surface area contributed by atoms with Crippen LogP contribution in [-0.2, 0) is 21.2 Å². The first-order valence-electron chi connectivity index (χ1n) is 7.14. The number of aromatic nitrogens is 3. The number of ether oxygens (including phenoxy) is 1. The molecule has 0 aromatic carbocycles. The van der Waals surface area contributed by atoms with E-state index in [1.165, 1.54) is 10.8 Å². The molecule has 7 nitrogen and oxygen atoms in total. The topological polar surface area (TPSA) is 92.8 Å². The summed E-state index contributed by atoms with van der Waals surface area (Å²) < 4.78 is 45.5. The van der Waals surface area contributed by atoms with Gasteiger partial charge in [-0.2, -0.15) is 23.5 Å². The Morgan fingerprint density at radius 3 is 2.64 bits per heavy atom. The molecule has 0 bridgehead atoms. The first-order valence-corrected chi connectivity index (χ1v) is 7.14. The highest BCUT2D eigenvalue weighted by Crippen LogP contribution is 2.33. The lowest BCUT2D eigenvalue weighted by molar-refractivity contribution is -0.153. The van der Waals surface area contributed by atoms with Crippen LogP contribution in [0.4, 0.5) is 18.9 Å². The van der Waals surface area contributed by atoms with E-state index in [1.54, 1.807) is 19.3 Å². The summed E-state index contributed by atoms with van der Waals surface area (Å²) >= 11 is 0. The quantitative estimate of drug-likeness (QED) is 0.911. The van der Waals surface area contributed by atoms with E-state index < -0.39 is 28.9 Å². The van der Waals surface area contributed by atoms with Gasteiger partial charge in [-0.05, 0) is 18.6 Å². The minimum Gasteiger partial charge on any atom is -0.375 e. The SMILES string of the molecule is Cc1cnn(C2(C(=O)Nc3cnc(C#N)c(C(F)(F)F)c3)COC2)c1. The van der Waals surface area contributed by atoms with Gasteiger partial charge in [0.15, 0.2) is 11.2 Å². The number of carbonyl (C=O) groups is 1. The lowest BCUT2D eigenvalue weighted by atomic mass is 9.96. The predicted molar refractivity (Wildman–Crippen MR) is 78.3 cm³/mol. The van der Waals surface area contributed by atoms with Crippen LogP contribution >= 0.6 is 0 Å². The van der Waals surface area contributed by atoms with Gasteiger partial charge in [0.1, 0.15) is 6.07 Å². The molecule has 1 amide bonds. The molecule has 1 aliphatic rings. The van der Waals surface area contributed by atoms with Gasteiger partial charge in [0, 0.05) is 6.20 Å². The Balaban J connectivity index is 1.89. The molecule has 0 aliphatic carbocycles. The van der Waals surface area contributed by atoms with E-state index in [0.29, 0.717) is 6.07 Å². The molecule has 130 valence electrons. The van der Waals surface area contributed by atoms with Crippen molar-refractivity contribution in [2.24, 2.45) is 0 Å². The highest BCUT2D eigenvalue weighted by molar-refractivity contribution is 5.97. The molecule has 2 aromatic heterocycles. The number of halogens is 3. The normalized spacial score (nSPS) is 16.0. The fourth-order valence-corrected chi connectivity index (χ4v) is 2.40. The van der Waals surface area contributed by atoms with Crippen molar-refractivity contribution in [2.45, 2.75) is 18.6 Å². The highest BCUT2D eigenvalue weighted by Gasteiger charge is 2.49. The van der Waals surface area contributed by atoms with E-state index >= 15 is 0 Å². The molecule has 0 unspecified atom stereocenters. The summed E-state index contributed by atoms with van der Waals surface area (Å²) in [5, 5.41) is 15.3. The van der Waals surface area contributed by atoms with Gasteiger partial charge in [0.2, 0.25) is 0 Å². The molecular weight excluding hydrogens is 339 g/mol. The molecule has 3 rings (SSSR count). The third-order valence-electron chi connectivity index (χ3n) is 3.81. The molecule has 0 radical (unpaired) electrons. The lowest BCUT2D eigenvalue weighted by Crippen LogP contribution is -2.59. The summed E-state index contributed by atoms with van der Waals surface area (Å²) in [4.78, 5) is 16.1. The first-order chi connectivity index (χ1) is 11.8. The molecule has 1 aliphatic heterocycles. The van der Waals surface area contributed by atoms with Gasteiger partial charge in [-0.3, -0.25) is 9.48 Å². The minimum atomic E-state index is -4.75. The molecule has 1 N–H and O–H groups in total. The van der Waals surface area contributed by atoms with Crippen LogP contribution in [0.3, 0.4) is 0 Å². The summed E-state index contributed by atoms with van der Waals surface area (Å²) in [5.41, 5.74) is -2.41. The van der Waals surface area contributed by atoms with Gasteiger partial charge in [-0.25, -0.2) is 4.98 Å². The molecule has 0 spiro atoms. The van der Waals surface area contributed by atoms with Gasteiger partial charge >= 0.3 is 6.18 Å². The van der Waals surface area contributed by atoms with Crippen molar-refractivity contribution in [1.29, 1.82) is 5.26 Å². The predicted octanol–water partition coefficient (Wildman–Crippen LogP) is 1.84. The highest BCUT2D eigenvalue weighted by atomic mass is 19.4. The molecule has 1 fully saturated rings. The van der Waals surface area contributed by atoms with Crippen molar-refractivity contribution in [3.8, 4) is 6.07 Å². The van der Waals surface area contributed by atoms with Crippen molar-refractivity contribution in [2.75, 3.05) is 18.5 Å². The van der Waals surface area contributed by atoms with E-state index in [1.807, 2.05) is 0 Å². The van der Waals surface area contributed by atoms with E-state index in [9.17, 15) is 18.0 Å². The van der Waals surface area contributed by atoms with Crippen LogP contribution in [0.15, 0.2) is 24.7 Å². The summed E-state index contributed by atoms with van der Waals surface area (Å²) in [6.45, 7) is 1.90. The molecular formula is C15H12F3N5O2. The second-order valence-electron chi connectivity index (χ2n) is 5.67. The summed E-state index contributed by atoms with van der Waals surface area (Å²) in [5.74, 6) is -0.568. The minimum absolute atomic E-state index is 0.0514. The Morgan fingerprint density at radius 1 is 1.44 bits per heavy atom. The maximum absolute atomic E-state index is 13.0. The molecule has 25 heavy (non-hydrogen) atoms. The second kappa shape index (κ2) is 5.86. The largest absolute Gasteiger partial charge is 0.419 e. The number of aryl methyl sites for hydroxylation is 1. The summed E-state index contributed by atoms with van der Waals surface area (Å²) in [6.07, 6.45) is -0.527. The van der Waals surface area contributed by atoms with Crippen LogP contribution in [-0.4, -0.2) is 33.9 Å². The maximum atomic E-state index is 13.0. The Hall–Kier alpha value is -2.93. The van der Waals surface area contributed by atoms with Crippen molar-refractivity contribution in [3.05, 3.63) is 41.5 Å². The zero-order valence-corrected chi connectivity index (χ0v) is 13.0. The van der Waals surface area contributed by atoms with E-state index in [0.717, 1.165) is 11.8 Å². The Labute approximate surface area is 140 Å². The van der Waals surface area contributed by atoms with E-state index in [-0.39, 0.29) is 18.9 Å².